The molecule has 19 heavy (non-hydrogen) atoms. The largest absolute Gasteiger partial charge is 0.491 e. The van der Waals surface area contributed by atoms with Gasteiger partial charge in [-0.15, -0.1) is 0 Å². The molecule has 1 atom stereocenters. The van der Waals surface area contributed by atoms with Crippen molar-refractivity contribution in [1.82, 2.24) is 0 Å². The van der Waals surface area contributed by atoms with Crippen molar-refractivity contribution in [1.29, 1.82) is 0 Å². The molecule has 0 spiro atoms. The summed E-state index contributed by atoms with van der Waals surface area (Å²) in [5.41, 5.74) is 9.55. The van der Waals surface area contributed by atoms with Crippen LogP contribution in [0.15, 0.2) is 48.5 Å². The lowest BCUT2D eigenvalue weighted by Crippen LogP contribution is -2.06. The van der Waals surface area contributed by atoms with Crippen LogP contribution < -0.4 is 10.5 Å². The summed E-state index contributed by atoms with van der Waals surface area (Å²) in [6.45, 7) is 6.06. The van der Waals surface area contributed by atoms with E-state index < -0.39 is 0 Å². The van der Waals surface area contributed by atoms with E-state index in [1.54, 1.807) is 0 Å². The van der Waals surface area contributed by atoms with Gasteiger partial charge in [-0.3, -0.25) is 0 Å². The monoisotopic (exact) mass is 255 g/mol. The molecule has 1 unspecified atom stereocenters. The minimum Gasteiger partial charge on any atom is -0.491 e. The van der Waals surface area contributed by atoms with Gasteiger partial charge < -0.3 is 10.5 Å². The van der Waals surface area contributed by atoms with Crippen LogP contribution in [0.1, 0.15) is 32.4 Å². The van der Waals surface area contributed by atoms with Gasteiger partial charge in [0.15, 0.2) is 0 Å². The molecule has 2 nitrogen and oxygen atoms in total. The van der Waals surface area contributed by atoms with E-state index >= 15 is 0 Å². The molecule has 0 amide bonds. The Hall–Kier alpha value is -1.80. The average Bonchev–Trinajstić information content (AvgIpc) is 2.39. The van der Waals surface area contributed by atoms with Crippen LogP contribution in [0.4, 0.5) is 0 Å². The van der Waals surface area contributed by atoms with Gasteiger partial charge in [0.25, 0.3) is 0 Å². The van der Waals surface area contributed by atoms with Gasteiger partial charge in [0.05, 0.1) is 6.10 Å². The maximum absolute atomic E-state index is 6.02. The highest BCUT2D eigenvalue weighted by Gasteiger charge is 2.08. The van der Waals surface area contributed by atoms with E-state index in [0.29, 0.717) is 0 Å². The van der Waals surface area contributed by atoms with Gasteiger partial charge in [0.2, 0.25) is 0 Å². The number of rotatable bonds is 4. The van der Waals surface area contributed by atoms with Gasteiger partial charge in [-0.2, -0.15) is 0 Å². The summed E-state index contributed by atoms with van der Waals surface area (Å²) in [6, 6.07) is 16.5. The Labute approximate surface area is 115 Å². The summed E-state index contributed by atoms with van der Waals surface area (Å²) >= 11 is 0. The highest BCUT2D eigenvalue weighted by Crippen LogP contribution is 2.28. The molecule has 0 aliphatic carbocycles. The second-order valence-electron chi connectivity index (χ2n) is 5.07. The van der Waals surface area contributed by atoms with Crippen LogP contribution in [0.3, 0.4) is 0 Å². The van der Waals surface area contributed by atoms with Gasteiger partial charge in [-0.25, -0.2) is 0 Å². The topological polar surface area (TPSA) is 35.2 Å². The third-order valence-electron chi connectivity index (χ3n) is 2.99. The first-order valence-corrected chi connectivity index (χ1v) is 6.69. The quantitative estimate of drug-likeness (QED) is 0.890. The number of benzene rings is 2. The molecule has 0 bridgehead atoms. The average molecular weight is 255 g/mol. The van der Waals surface area contributed by atoms with Crippen LogP contribution in [0.25, 0.3) is 11.1 Å². The fraction of sp³-hybridized carbons (Fsp3) is 0.294. The predicted molar refractivity (Wildman–Crippen MR) is 80.2 cm³/mol. The third-order valence-corrected chi connectivity index (χ3v) is 2.99. The summed E-state index contributed by atoms with van der Waals surface area (Å²) in [6.07, 6.45) is 0.196. The SMILES string of the molecule is CC(C)Oc1ccc(-c2ccccc2C(C)N)cc1. The van der Waals surface area contributed by atoms with Crippen molar-refractivity contribution < 1.29 is 4.74 Å². The lowest BCUT2D eigenvalue weighted by Gasteiger charge is -2.14. The molecule has 0 aliphatic rings. The summed E-state index contributed by atoms with van der Waals surface area (Å²) in [5, 5.41) is 0. The molecule has 2 heteroatoms. The fourth-order valence-electron chi connectivity index (χ4n) is 2.14. The summed E-state index contributed by atoms with van der Waals surface area (Å²) in [7, 11) is 0. The first kappa shape index (κ1) is 13.6. The molecule has 2 aromatic rings. The van der Waals surface area contributed by atoms with Crippen LogP contribution in [0.5, 0.6) is 5.75 Å². The molecular weight excluding hydrogens is 234 g/mol. The molecule has 100 valence electrons. The lowest BCUT2D eigenvalue weighted by molar-refractivity contribution is 0.242. The molecule has 2 aromatic carbocycles. The van der Waals surface area contributed by atoms with Crippen LogP contribution in [-0.4, -0.2) is 6.10 Å². The van der Waals surface area contributed by atoms with Crippen molar-refractivity contribution in [3.8, 4) is 16.9 Å². The van der Waals surface area contributed by atoms with Crippen molar-refractivity contribution in [3.63, 3.8) is 0 Å². The lowest BCUT2D eigenvalue weighted by atomic mass is 9.96. The van der Waals surface area contributed by atoms with Crippen molar-refractivity contribution >= 4 is 0 Å². The Morgan fingerprint density at radius 1 is 0.895 bits per heavy atom. The van der Waals surface area contributed by atoms with Crippen molar-refractivity contribution in [3.05, 3.63) is 54.1 Å². The van der Waals surface area contributed by atoms with Crippen LogP contribution in [0, 0.1) is 0 Å². The predicted octanol–water partition coefficient (Wildman–Crippen LogP) is 4.16. The first-order chi connectivity index (χ1) is 9.08. The number of hydrogen-bond acceptors (Lipinski definition) is 2. The van der Waals surface area contributed by atoms with Crippen LogP contribution >= 0.6 is 0 Å². The zero-order valence-electron chi connectivity index (χ0n) is 11.8. The van der Waals surface area contributed by atoms with Gasteiger partial charge in [0.1, 0.15) is 5.75 Å². The minimum absolute atomic E-state index is 0.0304. The molecule has 0 fully saturated rings. The Morgan fingerprint density at radius 3 is 2.11 bits per heavy atom. The molecule has 2 rings (SSSR count). The number of ether oxygens (including phenoxy) is 1. The normalized spacial score (nSPS) is 12.5. The van der Waals surface area contributed by atoms with E-state index in [1.165, 1.54) is 16.7 Å². The van der Waals surface area contributed by atoms with Crippen molar-refractivity contribution in [2.45, 2.75) is 32.9 Å². The molecular formula is C17H21NO. The highest BCUT2D eigenvalue weighted by molar-refractivity contribution is 5.68. The smallest absolute Gasteiger partial charge is 0.119 e. The van der Waals surface area contributed by atoms with E-state index in [0.717, 1.165) is 5.75 Å². The zero-order chi connectivity index (χ0) is 13.8. The maximum Gasteiger partial charge on any atom is 0.119 e. The van der Waals surface area contributed by atoms with Crippen LogP contribution in [-0.2, 0) is 0 Å². The van der Waals surface area contributed by atoms with E-state index in [-0.39, 0.29) is 12.1 Å². The van der Waals surface area contributed by atoms with E-state index in [4.69, 9.17) is 10.5 Å². The second-order valence-corrected chi connectivity index (χ2v) is 5.07. The molecule has 0 aliphatic heterocycles. The van der Waals surface area contributed by atoms with Crippen molar-refractivity contribution in [2.75, 3.05) is 0 Å². The van der Waals surface area contributed by atoms with E-state index in [2.05, 4.69) is 24.3 Å². The molecule has 0 aromatic heterocycles. The fourth-order valence-corrected chi connectivity index (χ4v) is 2.14. The minimum atomic E-state index is 0.0304. The molecule has 0 heterocycles. The zero-order valence-corrected chi connectivity index (χ0v) is 11.8. The molecule has 0 radical (unpaired) electrons. The van der Waals surface area contributed by atoms with Gasteiger partial charge >= 0.3 is 0 Å². The Bertz CT molecular complexity index is 529. The Kier molecular flexibility index (Phi) is 4.23. The van der Waals surface area contributed by atoms with Gasteiger partial charge in [-0.05, 0) is 49.6 Å². The van der Waals surface area contributed by atoms with Crippen molar-refractivity contribution in [2.24, 2.45) is 5.73 Å². The van der Waals surface area contributed by atoms with E-state index in [1.807, 2.05) is 45.0 Å². The molecule has 0 saturated heterocycles. The number of hydrogen-bond donors (Lipinski definition) is 1. The maximum atomic E-state index is 6.02. The Balaban J connectivity index is 2.32. The summed E-state index contributed by atoms with van der Waals surface area (Å²) in [5.74, 6) is 0.900. The molecule has 0 saturated carbocycles. The van der Waals surface area contributed by atoms with E-state index in [9.17, 15) is 0 Å². The third kappa shape index (κ3) is 3.36. The van der Waals surface area contributed by atoms with Gasteiger partial charge in [-0.1, -0.05) is 36.4 Å². The second kappa shape index (κ2) is 5.89. The molecule has 2 N–H and O–H groups in total. The first-order valence-electron chi connectivity index (χ1n) is 6.69. The summed E-state index contributed by atoms with van der Waals surface area (Å²) in [4.78, 5) is 0. The Morgan fingerprint density at radius 2 is 1.53 bits per heavy atom. The van der Waals surface area contributed by atoms with Crippen LogP contribution in [0.2, 0.25) is 0 Å². The van der Waals surface area contributed by atoms with Gasteiger partial charge in [0, 0.05) is 6.04 Å². The standard InChI is InChI=1S/C17H21NO/c1-12(2)19-15-10-8-14(9-11-15)17-7-5-4-6-16(17)13(3)18/h4-13H,18H2,1-3H3. The number of nitrogens with two attached hydrogens (primary N) is 1. The highest BCUT2D eigenvalue weighted by atomic mass is 16.5. The summed E-state index contributed by atoms with van der Waals surface area (Å²) < 4.78 is 5.66.